The fraction of sp³-hybridized carbons (Fsp3) is 0.435. The molecule has 10 nitrogen and oxygen atoms in total. The molecular weight excluding hydrogens is 456 g/mol. The van der Waals surface area contributed by atoms with Crippen LogP contribution in [-0.2, 0) is 21.3 Å². The molecule has 1 saturated carbocycles. The van der Waals surface area contributed by atoms with Crippen LogP contribution in [0.3, 0.4) is 0 Å². The Bertz CT molecular complexity index is 1440. The molecule has 2 aromatic heterocycles. The second kappa shape index (κ2) is 8.87. The molecule has 1 aromatic carbocycles. The molecule has 0 unspecified atom stereocenters. The van der Waals surface area contributed by atoms with Crippen molar-refractivity contribution >= 4 is 32.4 Å². The van der Waals surface area contributed by atoms with Gasteiger partial charge in [-0.2, -0.15) is 9.40 Å². The van der Waals surface area contributed by atoms with Gasteiger partial charge in [-0.25, -0.2) is 15.0 Å². The summed E-state index contributed by atoms with van der Waals surface area (Å²) in [5.41, 5.74) is 1.74. The zero-order valence-electron chi connectivity index (χ0n) is 18.8. The Hall–Kier alpha value is -3.20. The molecule has 34 heavy (non-hydrogen) atoms. The number of benzene rings is 1. The largest absolute Gasteiger partial charge is 0.383 e. The van der Waals surface area contributed by atoms with Gasteiger partial charge in [0.2, 0.25) is 16.1 Å². The Morgan fingerprint density at radius 2 is 2.12 bits per heavy atom. The number of pyridine rings is 1. The van der Waals surface area contributed by atoms with Crippen molar-refractivity contribution in [3.63, 3.8) is 0 Å². The molecule has 11 heteroatoms. The van der Waals surface area contributed by atoms with Crippen LogP contribution < -0.4 is 10.9 Å². The van der Waals surface area contributed by atoms with Gasteiger partial charge in [0.25, 0.3) is 5.56 Å². The average Bonchev–Trinajstić information content (AvgIpc) is 3.32. The van der Waals surface area contributed by atoms with Gasteiger partial charge in [-0.1, -0.05) is 6.42 Å². The zero-order chi connectivity index (χ0) is 23.9. The molecule has 0 saturated heterocycles. The standard InChI is InChI=1S/C23H26N6O4S/c1-24-17-5-3-4-6-18(17)29-19-9-10-25-23(30)21(19)22(27-29)26-16-7-8-20-15(13-16)14-28(11-12-33-2)34(20,31)32/h7-10,13,17-18H,3-6,11-12,14H2,2H3,(H,25,30)(H,26,27)/t17-,18-/m0/s1. The number of H-pyrrole nitrogens is 1. The topological polar surface area (TPSA) is 114 Å². The van der Waals surface area contributed by atoms with Crippen molar-refractivity contribution in [2.75, 3.05) is 25.6 Å². The Morgan fingerprint density at radius 3 is 2.91 bits per heavy atom. The highest BCUT2D eigenvalue weighted by atomic mass is 32.2. The van der Waals surface area contributed by atoms with E-state index in [1.165, 1.54) is 11.4 Å². The molecule has 5 rings (SSSR count). The lowest BCUT2D eigenvalue weighted by atomic mass is 9.91. The second-order valence-electron chi connectivity index (χ2n) is 8.69. The van der Waals surface area contributed by atoms with E-state index in [4.69, 9.17) is 16.4 Å². The Morgan fingerprint density at radius 1 is 1.29 bits per heavy atom. The maximum Gasteiger partial charge on any atom is 0.261 e. The van der Waals surface area contributed by atoms with E-state index in [9.17, 15) is 13.2 Å². The van der Waals surface area contributed by atoms with Gasteiger partial charge in [0.05, 0.1) is 17.0 Å². The number of aromatic amines is 1. The fourth-order valence-corrected chi connectivity index (χ4v) is 6.54. The Balaban J connectivity index is 1.51. The third kappa shape index (κ3) is 3.77. The van der Waals surface area contributed by atoms with Gasteiger partial charge in [-0.05, 0) is 42.7 Å². The first-order valence-electron chi connectivity index (χ1n) is 11.3. The Kier molecular flexibility index (Phi) is 5.89. The number of hydrogen-bond acceptors (Lipinski definition) is 6. The summed E-state index contributed by atoms with van der Waals surface area (Å²) in [5, 5.41) is 8.39. The molecule has 0 radical (unpaired) electrons. The lowest BCUT2D eigenvalue weighted by Crippen LogP contribution is -2.27. The van der Waals surface area contributed by atoms with E-state index < -0.39 is 10.0 Å². The molecule has 1 aliphatic heterocycles. The third-order valence-electron chi connectivity index (χ3n) is 6.64. The quantitative estimate of drug-likeness (QED) is 0.522. The van der Waals surface area contributed by atoms with Crippen LogP contribution >= 0.6 is 0 Å². The van der Waals surface area contributed by atoms with E-state index in [0.29, 0.717) is 34.6 Å². The van der Waals surface area contributed by atoms with Crippen LogP contribution in [0.1, 0.15) is 37.3 Å². The summed E-state index contributed by atoms with van der Waals surface area (Å²) in [6.45, 7) is 8.48. The molecule has 3 aromatic rings. The van der Waals surface area contributed by atoms with Crippen molar-refractivity contribution in [3.8, 4) is 0 Å². The van der Waals surface area contributed by atoms with Crippen LogP contribution in [0.5, 0.6) is 0 Å². The monoisotopic (exact) mass is 482 g/mol. The van der Waals surface area contributed by atoms with E-state index in [1.54, 1.807) is 24.4 Å². The van der Waals surface area contributed by atoms with Crippen LogP contribution in [0.4, 0.5) is 11.5 Å². The Labute approximate surface area is 197 Å². The number of nitrogens with one attached hydrogen (secondary N) is 2. The van der Waals surface area contributed by atoms with Crippen molar-refractivity contribution in [3.05, 3.63) is 57.8 Å². The number of aromatic nitrogens is 3. The molecular formula is C23H26N6O4S. The summed E-state index contributed by atoms with van der Waals surface area (Å²) in [6.07, 6.45) is 5.29. The summed E-state index contributed by atoms with van der Waals surface area (Å²) < 4.78 is 33.8. The van der Waals surface area contributed by atoms with Gasteiger partial charge >= 0.3 is 0 Å². The third-order valence-corrected chi connectivity index (χ3v) is 8.58. The zero-order valence-corrected chi connectivity index (χ0v) is 19.6. The van der Waals surface area contributed by atoms with Gasteiger partial charge in [0, 0.05) is 38.5 Å². The summed E-state index contributed by atoms with van der Waals surface area (Å²) in [6, 6.07) is 6.59. The van der Waals surface area contributed by atoms with Gasteiger partial charge in [-0.3, -0.25) is 9.48 Å². The van der Waals surface area contributed by atoms with Crippen LogP contribution in [0.15, 0.2) is 40.2 Å². The van der Waals surface area contributed by atoms with Crippen LogP contribution in [0.25, 0.3) is 15.7 Å². The van der Waals surface area contributed by atoms with Crippen LogP contribution in [0.2, 0.25) is 0 Å². The molecule has 2 aliphatic rings. The fourth-order valence-electron chi connectivity index (χ4n) is 4.94. The van der Waals surface area contributed by atoms with Gasteiger partial charge in [0.1, 0.15) is 11.4 Å². The first-order chi connectivity index (χ1) is 16.4. The number of nitrogens with zero attached hydrogens (tertiary/aromatic N) is 4. The molecule has 0 bridgehead atoms. The van der Waals surface area contributed by atoms with E-state index in [1.807, 2.05) is 10.7 Å². The smallest absolute Gasteiger partial charge is 0.261 e. The molecule has 2 N–H and O–H groups in total. The van der Waals surface area contributed by atoms with E-state index in [0.717, 1.165) is 25.7 Å². The number of fused-ring (bicyclic) bond motifs is 2. The van der Waals surface area contributed by atoms with Crippen LogP contribution in [0, 0.1) is 6.57 Å². The van der Waals surface area contributed by atoms with Crippen LogP contribution in [-0.4, -0.2) is 53.8 Å². The van der Waals surface area contributed by atoms with Crippen molar-refractivity contribution in [2.24, 2.45) is 0 Å². The highest BCUT2D eigenvalue weighted by Gasteiger charge is 2.35. The van der Waals surface area contributed by atoms with Crippen molar-refractivity contribution in [2.45, 2.75) is 49.2 Å². The minimum Gasteiger partial charge on any atom is -0.383 e. The normalized spacial score (nSPS) is 21.9. The molecule has 1 fully saturated rings. The van der Waals surface area contributed by atoms with Crippen molar-refractivity contribution in [1.29, 1.82) is 0 Å². The summed E-state index contributed by atoms with van der Waals surface area (Å²) in [5.74, 6) is 0.392. The SMILES string of the molecule is [C-]#[N+][C@H]1CCCC[C@@H]1n1nc(Nc2ccc3c(c2)CN(CCOC)S3(=O)=O)c2c(=O)[nH]ccc21. The number of methoxy groups -OCH3 is 1. The summed E-state index contributed by atoms with van der Waals surface area (Å²) in [4.78, 5) is 19.6. The molecule has 178 valence electrons. The molecule has 3 heterocycles. The number of hydrogen-bond donors (Lipinski definition) is 2. The lowest BCUT2D eigenvalue weighted by Gasteiger charge is -2.24. The maximum atomic E-state index is 12.8. The van der Waals surface area contributed by atoms with E-state index in [2.05, 4.69) is 15.1 Å². The van der Waals surface area contributed by atoms with Crippen molar-refractivity contribution < 1.29 is 13.2 Å². The summed E-state index contributed by atoms with van der Waals surface area (Å²) in [7, 11) is -2.01. The van der Waals surface area contributed by atoms with Gasteiger partial charge in [-0.15, -0.1) is 0 Å². The van der Waals surface area contributed by atoms with E-state index >= 15 is 0 Å². The van der Waals surface area contributed by atoms with Gasteiger partial charge < -0.3 is 19.9 Å². The number of ether oxygens (including phenoxy) is 1. The first-order valence-corrected chi connectivity index (χ1v) is 12.7. The molecule has 0 amide bonds. The molecule has 1 aliphatic carbocycles. The predicted octanol–water partition coefficient (Wildman–Crippen LogP) is 3.02. The number of sulfonamides is 1. The highest BCUT2D eigenvalue weighted by molar-refractivity contribution is 7.89. The van der Waals surface area contributed by atoms with Gasteiger partial charge in [0.15, 0.2) is 5.82 Å². The van der Waals surface area contributed by atoms with Crippen molar-refractivity contribution in [1.82, 2.24) is 19.1 Å². The lowest BCUT2D eigenvalue weighted by molar-refractivity contribution is 0.179. The first kappa shape index (κ1) is 22.6. The predicted molar refractivity (Wildman–Crippen MR) is 127 cm³/mol. The minimum atomic E-state index is -3.55. The van der Waals surface area contributed by atoms with E-state index in [-0.39, 0.29) is 35.6 Å². The highest BCUT2D eigenvalue weighted by Crippen LogP contribution is 2.36. The number of rotatable bonds is 6. The maximum absolute atomic E-state index is 12.8. The number of anilines is 2. The molecule has 0 spiro atoms. The summed E-state index contributed by atoms with van der Waals surface area (Å²) >= 11 is 0. The minimum absolute atomic E-state index is 0.0920. The molecule has 2 atom stereocenters. The average molecular weight is 483 g/mol. The second-order valence-corrected chi connectivity index (χ2v) is 10.6.